The van der Waals surface area contributed by atoms with Crippen LogP contribution in [0.1, 0.15) is 31.4 Å². The van der Waals surface area contributed by atoms with Crippen LogP contribution in [0, 0.1) is 5.82 Å². The number of hydrogen-bond acceptors (Lipinski definition) is 5. The van der Waals surface area contributed by atoms with Crippen LogP contribution >= 0.6 is 24.0 Å². The molecule has 5 rings (SSSR count). The van der Waals surface area contributed by atoms with E-state index in [1.165, 1.54) is 23.9 Å². The van der Waals surface area contributed by atoms with Crippen LogP contribution in [-0.2, 0) is 11.4 Å². The summed E-state index contributed by atoms with van der Waals surface area (Å²) in [7, 11) is 0. The lowest BCUT2D eigenvalue weighted by atomic mass is 10.1. The first-order valence-electron chi connectivity index (χ1n) is 12.3. The second kappa shape index (κ2) is 11.3. The summed E-state index contributed by atoms with van der Waals surface area (Å²) in [4.78, 5) is 15.5. The van der Waals surface area contributed by atoms with Gasteiger partial charge in [0, 0.05) is 23.4 Å². The topological polar surface area (TPSA) is 47.4 Å². The van der Waals surface area contributed by atoms with Crippen LogP contribution in [0.2, 0.25) is 0 Å². The molecule has 0 bridgehead atoms. The number of hydrogen-bond donors (Lipinski definition) is 0. The van der Waals surface area contributed by atoms with Gasteiger partial charge in [-0.2, -0.15) is 5.10 Å². The minimum absolute atomic E-state index is 0.0439. The standard InChI is InChI=1S/C30H26FN3O2S2/c1-3-20(2)34-29(35)27(38-30(34)37)17-23-18-33(25-7-5-4-6-8-25)32-28(23)22-11-15-26(16-12-22)36-19-21-9-13-24(31)14-10-21/h4-18,20H,3,19H2,1-2H3/b27-17-. The van der Waals surface area contributed by atoms with Gasteiger partial charge in [0.05, 0.1) is 16.3 Å². The van der Waals surface area contributed by atoms with Gasteiger partial charge in [0.15, 0.2) is 0 Å². The highest BCUT2D eigenvalue weighted by molar-refractivity contribution is 8.26. The van der Waals surface area contributed by atoms with Gasteiger partial charge in [-0.25, -0.2) is 9.07 Å². The zero-order chi connectivity index (χ0) is 26.6. The number of ether oxygens (including phenoxy) is 1. The predicted molar refractivity (Wildman–Crippen MR) is 154 cm³/mol. The van der Waals surface area contributed by atoms with Crippen molar-refractivity contribution >= 4 is 40.3 Å². The maximum absolute atomic E-state index is 13.2. The van der Waals surface area contributed by atoms with E-state index in [2.05, 4.69) is 0 Å². The molecule has 8 heteroatoms. The van der Waals surface area contributed by atoms with Crippen LogP contribution in [0.15, 0.2) is 90.0 Å². The normalized spacial score (nSPS) is 15.3. The smallest absolute Gasteiger partial charge is 0.266 e. The van der Waals surface area contributed by atoms with E-state index in [1.807, 2.05) is 85.4 Å². The second-order valence-corrected chi connectivity index (χ2v) is 10.6. The van der Waals surface area contributed by atoms with Crippen molar-refractivity contribution in [3.63, 3.8) is 0 Å². The molecule has 1 saturated heterocycles. The number of carbonyl (C=O) groups excluding carboxylic acids is 1. The Morgan fingerprint density at radius 1 is 1.05 bits per heavy atom. The average molecular weight is 544 g/mol. The number of para-hydroxylation sites is 1. The molecule has 38 heavy (non-hydrogen) atoms. The van der Waals surface area contributed by atoms with Gasteiger partial charge < -0.3 is 4.74 Å². The maximum Gasteiger partial charge on any atom is 0.266 e. The first-order chi connectivity index (χ1) is 18.4. The van der Waals surface area contributed by atoms with Gasteiger partial charge in [0.1, 0.15) is 22.5 Å². The second-order valence-electron chi connectivity index (χ2n) is 8.96. The largest absolute Gasteiger partial charge is 0.489 e. The minimum atomic E-state index is -0.272. The fourth-order valence-electron chi connectivity index (χ4n) is 4.07. The van der Waals surface area contributed by atoms with Gasteiger partial charge in [0.2, 0.25) is 0 Å². The Morgan fingerprint density at radius 2 is 1.76 bits per heavy atom. The van der Waals surface area contributed by atoms with E-state index in [1.54, 1.807) is 17.0 Å². The molecule has 5 nitrogen and oxygen atoms in total. The lowest BCUT2D eigenvalue weighted by Crippen LogP contribution is -2.36. The van der Waals surface area contributed by atoms with E-state index in [9.17, 15) is 9.18 Å². The molecule has 3 aromatic carbocycles. The molecule has 0 N–H and O–H groups in total. The molecule has 1 fully saturated rings. The minimum Gasteiger partial charge on any atom is -0.489 e. The van der Waals surface area contributed by atoms with Crippen LogP contribution in [0.25, 0.3) is 23.0 Å². The fraction of sp³-hybridized carbons (Fsp3) is 0.167. The van der Waals surface area contributed by atoms with Crippen molar-refractivity contribution in [3.05, 3.63) is 107 Å². The first-order valence-corrected chi connectivity index (χ1v) is 13.5. The summed E-state index contributed by atoms with van der Waals surface area (Å²) in [5, 5.41) is 4.87. The van der Waals surface area contributed by atoms with Crippen LogP contribution in [-0.4, -0.2) is 30.9 Å². The van der Waals surface area contributed by atoms with Crippen LogP contribution in [0.4, 0.5) is 4.39 Å². The van der Waals surface area contributed by atoms with E-state index in [0.29, 0.717) is 21.6 Å². The summed E-state index contributed by atoms with van der Waals surface area (Å²) in [6, 6.07) is 23.8. The van der Waals surface area contributed by atoms with Crippen molar-refractivity contribution in [1.82, 2.24) is 14.7 Å². The predicted octanol–water partition coefficient (Wildman–Crippen LogP) is 7.26. The Bertz CT molecular complexity index is 1480. The Morgan fingerprint density at radius 3 is 2.45 bits per heavy atom. The van der Waals surface area contributed by atoms with Crippen molar-refractivity contribution < 1.29 is 13.9 Å². The van der Waals surface area contributed by atoms with E-state index in [4.69, 9.17) is 22.1 Å². The van der Waals surface area contributed by atoms with Crippen molar-refractivity contribution in [2.45, 2.75) is 32.9 Å². The molecule has 0 spiro atoms. The molecular formula is C30H26FN3O2S2. The van der Waals surface area contributed by atoms with Gasteiger partial charge in [-0.1, -0.05) is 61.2 Å². The Hall–Kier alpha value is -3.75. The number of thioether (sulfide) groups is 1. The number of thiocarbonyl (C=S) groups is 1. The highest BCUT2D eigenvalue weighted by Gasteiger charge is 2.35. The number of halogens is 1. The Balaban J connectivity index is 1.45. The third-order valence-electron chi connectivity index (χ3n) is 6.35. The first kappa shape index (κ1) is 25.9. The number of aromatic nitrogens is 2. The molecule has 192 valence electrons. The number of amides is 1. The van der Waals surface area contributed by atoms with E-state index >= 15 is 0 Å². The molecule has 4 aromatic rings. The van der Waals surface area contributed by atoms with Gasteiger partial charge in [0.25, 0.3) is 5.91 Å². The van der Waals surface area contributed by atoms with Crippen LogP contribution in [0.5, 0.6) is 5.75 Å². The Kier molecular flexibility index (Phi) is 7.72. The Labute approximate surface area is 230 Å². The van der Waals surface area contributed by atoms with E-state index < -0.39 is 0 Å². The van der Waals surface area contributed by atoms with Gasteiger partial charge >= 0.3 is 0 Å². The monoisotopic (exact) mass is 543 g/mol. The summed E-state index contributed by atoms with van der Waals surface area (Å²) >= 11 is 6.84. The zero-order valence-electron chi connectivity index (χ0n) is 21.0. The summed E-state index contributed by atoms with van der Waals surface area (Å²) in [5.41, 5.74) is 4.25. The fourth-order valence-corrected chi connectivity index (χ4v) is 5.52. The van der Waals surface area contributed by atoms with E-state index in [0.717, 1.165) is 34.5 Å². The lowest BCUT2D eigenvalue weighted by Gasteiger charge is -2.21. The summed E-state index contributed by atoms with van der Waals surface area (Å²) in [5.74, 6) is 0.347. The molecule has 0 radical (unpaired) electrons. The summed E-state index contributed by atoms with van der Waals surface area (Å²) in [6.07, 6.45) is 4.63. The highest BCUT2D eigenvalue weighted by Crippen LogP contribution is 2.36. The molecule has 1 atom stereocenters. The molecular weight excluding hydrogens is 517 g/mol. The molecule has 1 aliphatic rings. The van der Waals surface area contributed by atoms with Crippen molar-refractivity contribution in [3.8, 4) is 22.7 Å². The van der Waals surface area contributed by atoms with Crippen molar-refractivity contribution in [2.75, 3.05) is 0 Å². The van der Waals surface area contributed by atoms with Gasteiger partial charge in [-0.15, -0.1) is 0 Å². The summed E-state index contributed by atoms with van der Waals surface area (Å²) in [6.45, 7) is 4.39. The van der Waals surface area contributed by atoms with Crippen LogP contribution < -0.4 is 4.74 Å². The molecule has 1 aliphatic heterocycles. The molecule has 1 aromatic heterocycles. The lowest BCUT2D eigenvalue weighted by molar-refractivity contribution is -0.123. The average Bonchev–Trinajstić information content (AvgIpc) is 3.49. The van der Waals surface area contributed by atoms with Gasteiger partial charge in [-0.3, -0.25) is 9.69 Å². The zero-order valence-corrected chi connectivity index (χ0v) is 22.6. The SMILES string of the molecule is CCC(C)N1C(=O)/C(=C/c2cn(-c3ccccc3)nc2-c2ccc(OCc3ccc(F)cc3)cc2)SC1=S. The quantitative estimate of drug-likeness (QED) is 0.173. The third kappa shape index (κ3) is 5.56. The maximum atomic E-state index is 13.2. The van der Waals surface area contributed by atoms with Gasteiger partial charge in [-0.05, 0) is 73.5 Å². The van der Waals surface area contributed by atoms with E-state index in [-0.39, 0.29) is 17.8 Å². The number of carbonyl (C=O) groups is 1. The molecule has 1 amide bonds. The number of nitrogens with zero attached hydrogens (tertiary/aromatic N) is 3. The number of benzene rings is 3. The molecule has 2 heterocycles. The van der Waals surface area contributed by atoms with Crippen molar-refractivity contribution in [2.24, 2.45) is 0 Å². The summed E-state index contributed by atoms with van der Waals surface area (Å²) < 4.78 is 21.4. The third-order valence-corrected chi connectivity index (χ3v) is 7.68. The molecule has 0 saturated carbocycles. The number of rotatable bonds is 8. The van der Waals surface area contributed by atoms with Crippen molar-refractivity contribution in [1.29, 1.82) is 0 Å². The molecule has 0 aliphatic carbocycles. The molecule has 1 unspecified atom stereocenters. The van der Waals surface area contributed by atoms with Crippen LogP contribution in [0.3, 0.4) is 0 Å². The highest BCUT2D eigenvalue weighted by atomic mass is 32.2.